The van der Waals surface area contributed by atoms with Gasteiger partial charge in [0.2, 0.25) is 0 Å². The minimum atomic E-state index is -0.121. The summed E-state index contributed by atoms with van der Waals surface area (Å²) in [5, 5.41) is 0. The normalized spacial score (nSPS) is 34.3. The van der Waals surface area contributed by atoms with Crippen molar-refractivity contribution >= 4 is 0 Å². The highest BCUT2D eigenvalue weighted by Gasteiger charge is 2.28. The van der Waals surface area contributed by atoms with E-state index in [1.807, 2.05) is 0 Å². The molecule has 0 aromatic heterocycles. The quantitative estimate of drug-likeness (QED) is 0.414. The Morgan fingerprint density at radius 2 is 1.61 bits per heavy atom. The lowest BCUT2D eigenvalue weighted by atomic mass is 9.72. The predicted molar refractivity (Wildman–Crippen MR) is 99.2 cm³/mol. The van der Waals surface area contributed by atoms with Crippen LogP contribution >= 0.6 is 0 Å². The maximum absolute atomic E-state index is 13.6. The fraction of sp³-hybridized carbons (Fsp3) is 0.909. The fourth-order valence-electron chi connectivity index (χ4n) is 5.00. The lowest BCUT2D eigenvalue weighted by Gasteiger charge is -2.34. The molecule has 2 aliphatic carbocycles. The van der Waals surface area contributed by atoms with Crippen LogP contribution in [0.1, 0.15) is 85.0 Å². The highest BCUT2D eigenvalue weighted by Crippen LogP contribution is 2.39. The van der Waals surface area contributed by atoms with Gasteiger partial charge < -0.3 is 0 Å². The first-order valence-corrected chi connectivity index (χ1v) is 10.4. The Morgan fingerprint density at radius 1 is 0.913 bits per heavy atom. The Bertz CT molecular complexity index is 340. The summed E-state index contributed by atoms with van der Waals surface area (Å²) in [6.45, 7) is 6.89. The van der Waals surface area contributed by atoms with Crippen LogP contribution in [-0.4, -0.2) is 6.67 Å². The summed E-state index contributed by atoms with van der Waals surface area (Å²) in [7, 11) is 0. The Hall–Kier alpha value is -0.330. The van der Waals surface area contributed by atoms with Crippen LogP contribution in [0.15, 0.2) is 12.2 Å². The first-order chi connectivity index (χ1) is 11.2. The van der Waals surface area contributed by atoms with Gasteiger partial charge in [0, 0.05) is 0 Å². The molecular weight excluding hydrogens is 283 g/mol. The zero-order valence-corrected chi connectivity index (χ0v) is 15.8. The number of hydrogen-bond acceptors (Lipinski definition) is 0. The molecule has 0 amide bonds. The van der Waals surface area contributed by atoms with E-state index >= 15 is 0 Å². The van der Waals surface area contributed by atoms with Crippen molar-refractivity contribution in [3.8, 4) is 0 Å². The van der Waals surface area contributed by atoms with Crippen LogP contribution < -0.4 is 0 Å². The van der Waals surface area contributed by atoms with Crippen molar-refractivity contribution in [1.29, 1.82) is 0 Å². The number of rotatable bonds is 8. The fourth-order valence-corrected chi connectivity index (χ4v) is 5.00. The molecule has 0 radical (unpaired) electrons. The van der Waals surface area contributed by atoms with E-state index in [1.54, 1.807) is 0 Å². The van der Waals surface area contributed by atoms with Gasteiger partial charge in [-0.25, -0.2) is 0 Å². The number of halogens is 1. The molecule has 1 saturated carbocycles. The summed E-state index contributed by atoms with van der Waals surface area (Å²) < 4.78 is 13.6. The van der Waals surface area contributed by atoms with Crippen LogP contribution in [0, 0.1) is 35.5 Å². The monoisotopic (exact) mass is 322 g/mol. The van der Waals surface area contributed by atoms with Gasteiger partial charge in [-0.2, -0.15) is 0 Å². The average molecular weight is 323 g/mol. The Labute approximate surface area is 144 Å². The van der Waals surface area contributed by atoms with Gasteiger partial charge in [-0.15, -0.1) is 0 Å². The molecule has 4 unspecified atom stereocenters. The molecule has 0 bridgehead atoms. The molecule has 0 spiro atoms. The molecule has 0 N–H and O–H groups in total. The van der Waals surface area contributed by atoms with Crippen LogP contribution in [0.4, 0.5) is 4.39 Å². The minimum Gasteiger partial charge on any atom is -0.251 e. The van der Waals surface area contributed by atoms with Crippen LogP contribution in [0.5, 0.6) is 0 Å². The van der Waals surface area contributed by atoms with Crippen molar-refractivity contribution in [2.75, 3.05) is 6.67 Å². The number of hydrogen-bond donors (Lipinski definition) is 0. The topological polar surface area (TPSA) is 0 Å². The van der Waals surface area contributed by atoms with Crippen molar-refractivity contribution in [3.63, 3.8) is 0 Å². The number of allylic oxidation sites excluding steroid dienone is 2. The summed E-state index contributed by atoms with van der Waals surface area (Å²) in [4.78, 5) is 0. The standard InChI is InChI=1S/C22H39F/c1-4-18-8-12-21(13-9-18)22(16-23)15-14-19(5-2)20-10-6-17(3)7-11-20/h8,12,17-22H,4-7,9-11,13-16H2,1-3H3. The molecule has 1 fully saturated rings. The molecule has 0 saturated heterocycles. The zero-order chi connectivity index (χ0) is 16.7. The molecule has 2 rings (SSSR count). The zero-order valence-electron chi connectivity index (χ0n) is 15.8. The molecule has 1 heteroatoms. The second kappa shape index (κ2) is 9.84. The first kappa shape index (κ1) is 19.0. The summed E-state index contributed by atoms with van der Waals surface area (Å²) in [5.74, 6) is 4.23. The van der Waals surface area contributed by atoms with E-state index in [2.05, 4.69) is 32.9 Å². The molecule has 0 nitrogen and oxygen atoms in total. The van der Waals surface area contributed by atoms with E-state index in [1.165, 1.54) is 57.8 Å². The molecule has 23 heavy (non-hydrogen) atoms. The third-order valence-corrected chi connectivity index (χ3v) is 6.99. The van der Waals surface area contributed by atoms with Gasteiger partial charge in [-0.1, -0.05) is 52.2 Å². The van der Waals surface area contributed by atoms with E-state index in [0.29, 0.717) is 5.92 Å². The van der Waals surface area contributed by atoms with Gasteiger partial charge in [-0.3, -0.25) is 4.39 Å². The minimum absolute atomic E-state index is 0.121. The molecule has 0 aliphatic heterocycles. The molecule has 4 atom stereocenters. The Morgan fingerprint density at radius 3 is 2.13 bits per heavy atom. The van der Waals surface area contributed by atoms with Gasteiger partial charge in [0.15, 0.2) is 0 Å². The maximum Gasteiger partial charge on any atom is 0.0928 e. The number of alkyl halides is 1. The van der Waals surface area contributed by atoms with Crippen molar-refractivity contribution < 1.29 is 4.39 Å². The van der Waals surface area contributed by atoms with Crippen LogP contribution in [0.3, 0.4) is 0 Å². The van der Waals surface area contributed by atoms with Gasteiger partial charge in [0.25, 0.3) is 0 Å². The Kier molecular flexibility index (Phi) is 8.13. The highest BCUT2D eigenvalue weighted by atomic mass is 19.1. The van der Waals surface area contributed by atoms with Crippen molar-refractivity contribution in [2.45, 2.75) is 85.0 Å². The van der Waals surface area contributed by atoms with E-state index in [0.717, 1.165) is 30.1 Å². The van der Waals surface area contributed by atoms with E-state index in [-0.39, 0.29) is 12.6 Å². The molecule has 0 aromatic carbocycles. The molecule has 2 aliphatic rings. The second-order valence-corrected chi connectivity index (χ2v) is 8.47. The van der Waals surface area contributed by atoms with Gasteiger partial charge in [-0.05, 0) is 80.5 Å². The predicted octanol–water partition coefficient (Wildman–Crippen LogP) is 7.20. The van der Waals surface area contributed by atoms with Crippen LogP contribution in [-0.2, 0) is 0 Å². The van der Waals surface area contributed by atoms with E-state index in [9.17, 15) is 4.39 Å². The van der Waals surface area contributed by atoms with Crippen molar-refractivity contribution in [3.05, 3.63) is 12.2 Å². The lowest BCUT2D eigenvalue weighted by molar-refractivity contribution is 0.173. The van der Waals surface area contributed by atoms with Crippen LogP contribution in [0.2, 0.25) is 0 Å². The molecule has 0 aromatic rings. The summed E-state index contributed by atoms with van der Waals surface area (Å²) in [6, 6.07) is 0. The van der Waals surface area contributed by atoms with E-state index in [4.69, 9.17) is 0 Å². The molecule has 0 heterocycles. The second-order valence-electron chi connectivity index (χ2n) is 8.47. The van der Waals surface area contributed by atoms with Crippen LogP contribution in [0.25, 0.3) is 0 Å². The third kappa shape index (κ3) is 5.61. The van der Waals surface area contributed by atoms with Crippen molar-refractivity contribution in [2.24, 2.45) is 35.5 Å². The highest BCUT2D eigenvalue weighted by molar-refractivity contribution is 4.99. The van der Waals surface area contributed by atoms with Gasteiger partial charge in [0.05, 0.1) is 6.67 Å². The molecular formula is C22H39F. The summed E-state index contributed by atoms with van der Waals surface area (Å²) in [6.07, 6.45) is 17.8. The van der Waals surface area contributed by atoms with E-state index < -0.39 is 0 Å². The average Bonchev–Trinajstić information content (AvgIpc) is 2.60. The van der Waals surface area contributed by atoms with Gasteiger partial charge >= 0.3 is 0 Å². The largest absolute Gasteiger partial charge is 0.251 e. The maximum atomic E-state index is 13.6. The van der Waals surface area contributed by atoms with Gasteiger partial charge in [0.1, 0.15) is 0 Å². The smallest absolute Gasteiger partial charge is 0.0928 e. The summed E-state index contributed by atoms with van der Waals surface area (Å²) in [5.41, 5.74) is 0. The Balaban J connectivity index is 1.81. The third-order valence-electron chi connectivity index (χ3n) is 6.99. The first-order valence-electron chi connectivity index (χ1n) is 10.4. The van der Waals surface area contributed by atoms with Crippen molar-refractivity contribution in [1.82, 2.24) is 0 Å². The SMILES string of the molecule is CCC1C=CC(C(CF)CCC(CC)C2CCC(C)CC2)CC1. The molecule has 134 valence electrons. The lowest BCUT2D eigenvalue weighted by Crippen LogP contribution is -2.24. The summed E-state index contributed by atoms with van der Waals surface area (Å²) >= 11 is 0.